The minimum Gasteiger partial charge on any atom is -0.460 e. The van der Waals surface area contributed by atoms with Crippen LogP contribution in [-0.2, 0) is 6.54 Å². The molecule has 7 nitrogen and oxygen atoms in total. The Morgan fingerprint density at radius 1 is 1.16 bits per heavy atom. The van der Waals surface area contributed by atoms with Crippen molar-refractivity contribution in [3.05, 3.63) is 59.1 Å². The van der Waals surface area contributed by atoms with E-state index in [-0.39, 0.29) is 6.10 Å². The third-order valence-corrected chi connectivity index (χ3v) is 6.70. The van der Waals surface area contributed by atoms with Crippen LogP contribution in [0.5, 0.6) is 6.01 Å². The van der Waals surface area contributed by atoms with E-state index in [1.54, 1.807) is 15.9 Å². The Bertz CT molecular complexity index is 1180. The quantitative estimate of drug-likeness (QED) is 0.426. The van der Waals surface area contributed by atoms with Crippen LogP contribution < -0.4 is 15.4 Å². The summed E-state index contributed by atoms with van der Waals surface area (Å²) in [6, 6.07) is 13.1. The highest BCUT2D eigenvalue weighted by Gasteiger charge is 2.20. The molecule has 1 aromatic carbocycles. The molecule has 0 amide bonds. The largest absolute Gasteiger partial charge is 0.460 e. The van der Waals surface area contributed by atoms with E-state index in [0.29, 0.717) is 24.4 Å². The third kappa shape index (κ3) is 4.33. The summed E-state index contributed by atoms with van der Waals surface area (Å²) in [4.78, 5) is 10.7. The smallest absolute Gasteiger partial charge is 0.322 e. The average Bonchev–Trinajstić information content (AvgIpc) is 3.49. The number of benzene rings is 1. The molecule has 0 unspecified atom stereocenters. The van der Waals surface area contributed by atoms with E-state index in [9.17, 15) is 0 Å². The van der Waals surface area contributed by atoms with Crippen molar-refractivity contribution in [1.82, 2.24) is 24.9 Å². The number of rotatable bonds is 7. The Morgan fingerprint density at radius 3 is 2.78 bits per heavy atom. The maximum Gasteiger partial charge on any atom is 0.322 e. The number of aromatic nitrogens is 4. The first-order valence-electron chi connectivity index (χ1n) is 11.2. The van der Waals surface area contributed by atoms with Crippen LogP contribution in [0.4, 0.5) is 5.95 Å². The fourth-order valence-electron chi connectivity index (χ4n) is 4.03. The molecule has 0 spiro atoms. The van der Waals surface area contributed by atoms with Crippen LogP contribution in [0.2, 0.25) is 0 Å². The number of anilines is 1. The monoisotopic (exact) mass is 448 g/mol. The summed E-state index contributed by atoms with van der Waals surface area (Å²) in [6.07, 6.45) is 3.94. The van der Waals surface area contributed by atoms with E-state index >= 15 is 0 Å². The highest BCUT2D eigenvalue weighted by atomic mass is 32.1. The van der Waals surface area contributed by atoms with Gasteiger partial charge in [-0.2, -0.15) is 19.6 Å². The molecule has 1 aliphatic heterocycles. The second-order valence-electron chi connectivity index (χ2n) is 8.38. The normalized spacial score (nSPS) is 14.8. The molecule has 4 heterocycles. The molecule has 1 aliphatic rings. The number of hydrogen-bond donors (Lipinski definition) is 2. The molecule has 0 saturated carbocycles. The van der Waals surface area contributed by atoms with Crippen LogP contribution in [0.15, 0.2) is 48.0 Å². The summed E-state index contributed by atoms with van der Waals surface area (Å²) < 4.78 is 7.99. The van der Waals surface area contributed by atoms with Crippen molar-refractivity contribution >= 4 is 22.9 Å². The number of hydrogen-bond acceptors (Lipinski definition) is 7. The van der Waals surface area contributed by atoms with Gasteiger partial charge in [-0.1, -0.05) is 44.2 Å². The minimum absolute atomic E-state index is 0.136. The van der Waals surface area contributed by atoms with Crippen LogP contribution in [0.25, 0.3) is 16.1 Å². The third-order valence-electron chi connectivity index (χ3n) is 5.80. The van der Waals surface area contributed by atoms with Crippen LogP contribution in [-0.4, -0.2) is 38.8 Å². The second-order valence-corrected chi connectivity index (χ2v) is 9.32. The van der Waals surface area contributed by atoms with E-state index in [4.69, 9.17) is 14.7 Å². The number of thiophene rings is 1. The predicted octanol–water partition coefficient (Wildman–Crippen LogP) is 4.72. The standard InChI is InChI=1S/C24H28N6OS/c1-16(2)20-15-27-30-22(20)28-24(31-18-9-11-25-12-10-18)29-23(30)26-14-17-6-3-4-7-19(17)21-8-5-13-32-21/h3-8,13,15-16,18,25H,9-12,14H2,1-2H3,(H,26,28,29). The van der Waals surface area contributed by atoms with Crippen LogP contribution >= 0.6 is 11.3 Å². The van der Waals surface area contributed by atoms with Crippen molar-refractivity contribution in [2.45, 2.75) is 45.3 Å². The molecule has 4 aromatic rings. The van der Waals surface area contributed by atoms with Gasteiger partial charge in [0.1, 0.15) is 6.10 Å². The second kappa shape index (κ2) is 9.26. The summed E-state index contributed by atoms with van der Waals surface area (Å²) in [5.41, 5.74) is 4.33. The molecule has 1 saturated heterocycles. The highest BCUT2D eigenvalue weighted by molar-refractivity contribution is 7.13. The van der Waals surface area contributed by atoms with Crippen molar-refractivity contribution in [2.24, 2.45) is 0 Å². The molecule has 5 rings (SSSR count). The van der Waals surface area contributed by atoms with Crippen LogP contribution in [0.1, 0.15) is 43.7 Å². The zero-order chi connectivity index (χ0) is 21.9. The lowest BCUT2D eigenvalue weighted by Crippen LogP contribution is -2.34. The van der Waals surface area contributed by atoms with Gasteiger partial charge in [-0.15, -0.1) is 11.3 Å². The van der Waals surface area contributed by atoms with Gasteiger partial charge in [-0.25, -0.2) is 0 Å². The topological polar surface area (TPSA) is 76.4 Å². The number of fused-ring (bicyclic) bond motifs is 1. The van der Waals surface area contributed by atoms with Gasteiger partial charge in [-0.3, -0.25) is 0 Å². The minimum atomic E-state index is 0.136. The fraction of sp³-hybridized carbons (Fsp3) is 0.375. The van der Waals surface area contributed by atoms with E-state index in [1.165, 1.54) is 16.0 Å². The lowest BCUT2D eigenvalue weighted by atomic mass is 10.1. The number of ether oxygens (including phenoxy) is 1. The summed E-state index contributed by atoms with van der Waals surface area (Å²) >= 11 is 1.75. The van der Waals surface area contributed by atoms with E-state index in [1.807, 2.05) is 6.20 Å². The molecule has 3 aromatic heterocycles. The van der Waals surface area contributed by atoms with E-state index in [2.05, 4.69) is 71.4 Å². The molecular formula is C24H28N6OS. The Labute approximate surface area is 191 Å². The first kappa shape index (κ1) is 20.9. The first-order valence-corrected chi connectivity index (χ1v) is 12.1. The van der Waals surface area contributed by atoms with Crippen molar-refractivity contribution in [1.29, 1.82) is 0 Å². The van der Waals surface area contributed by atoms with Gasteiger partial charge in [0.2, 0.25) is 5.95 Å². The average molecular weight is 449 g/mol. The summed E-state index contributed by atoms with van der Waals surface area (Å²) in [5, 5.41) is 13.6. The van der Waals surface area contributed by atoms with Crippen molar-refractivity contribution in [3.63, 3.8) is 0 Å². The number of nitrogens with one attached hydrogen (secondary N) is 2. The molecule has 0 aliphatic carbocycles. The van der Waals surface area contributed by atoms with E-state index in [0.717, 1.165) is 37.1 Å². The summed E-state index contributed by atoms with van der Waals surface area (Å²) in [6.45, 7) is 6.85. The molecule has 2 N–H and O–H groups in total. The van der Waals surface area contributed by atoms with Crippen LogP contribution in [0, 0.1) is 0 Å². The van der Waals surface area contributed by atoms with Gasteiger partial charge >= 0.3 is 6.01 Å². The molecule has 166 valence electrons. The molecule has 1 fully saturated rings. The molecule has 0 bridgehead atoms. The molecule has 0 atom stereocenters. The summed E-state index contributed by atoms with van der Waals surface area (Å²) in [7, 11) is 0. The Balaban J connectivity index is 1.46. The van der Waals surface area contributed by atoms with Crippen molar-refractivity contribution < 1.29 is 4.74 Å². The predicted molar refractivity (Wildman–Crippen MR) is 128 cm³/mol. The lowest BCUT2D eigenvalue weighted by molar-refractivity contribution is 0.149. The highest BCUT2D eigenvalue weighted by Crippen LogP contribution is 2.29. The molecular weight excluding hydrogens is 420 g/mol. The van der Waals surface area contributed by atoms with Crippen LogP contribution in [0.3, 0.4) is 0 Å². The van der Waals surface area contributed by atoms with Gasteiger partial charge in [-0.05, 0) is 54.4 Å². The van der Waals surface area contributed by atoms with Crippen molar-refractivity contribution in [2.75, 3.05) is 18.4 Å². The van der Waals surface area contributed by atoms with E-state index < -0.39 is 0 Å². The fourth-order valence-corrected chi connectivity index (χ4v) is 4.82. The van der Waals surface area contributed by atoms with Gasteiger partial charge in [0.25, 0.3) is 0 Å². The Hall–Kier alpha value is -2.97. The molecule has 32 heavy (non-hydrogen) atoms. The molecule has 0 radical (unpaired) electrons. The Kier molecular flexibility index (Phi) is 6.05. The van der Waals surface area contributed by atoms with Gasteiger partial charge in [0.15, 0.2) is 5.65 Å². The van der Waals surface area contributed by atoms with Gasteiger partial charge in [0.05, 0.1) is 6.20 Å². The van der Waals surface area contributed by atoms with Gasteiger partial charge < -0.3 is 15.4 Å². The first-order chi connectivity index (χ1) is 15.7. The zero-order valence-electron chi connectivity index (χ0n) is 18.4. The number of nitrogens with zero attached hydrogens (tertiary/aromatic N) is 4. The maximum atomic E-state index is 6.20. The number of piperidine rings is 1. The van der Waals surface area contributed by atoms with Gasteiger partial charge in [0, 0.05) is 17.0 Å². The molecule has 8 heteroatoms. The van der Waals surface area contributed by atoms with Crippen molar-refractivity contribution in [3.8, 4) is 16.5 Å². The Morgan fingerprint density at radius 2 is 2.00 bits per heavy atom. The maximum absolute atomic E-state index is 6.20. The summed E-state index contributed by atoms with van der Waals surface area (Å²) in [5.74, 6) is 0.952. The lowest BCUT2D eigenvalue weighted by Gasteiger charge is -2.23. The SMILES string of the molecule is CC(C)c1cnn2c(NCc3ccccc3-c3cccs3)nc(OC3CCNCC3)nc12. The zero-order valence-corrected chi connectivity index (χ0v) is 19.2.